The second-order valence-electron chi connectivity index (χ2n) is 4.74. The Hall–Kier alpha value is -2.54. The second-order valence-corrected chi connectivity index (χ2v) is 4.74. The van der Waals surface area contributed by atoms with Gasteiger partial charge < -0.3 is 4.40 Å². The van der Waals surface area contributed by atoms with Crippen molar-refractivity contribution in [2.75, 3.05) is 0 Å². The maximum atomic E-state index is 2.26. The molecule has 0 bridgehead atoms. The van der Waals surface area contributed by atoms with Crippen LogP contribution in [0.25, 0.3) is 27.5 Å². The van der Waals surface area contributed by atoms with Crippen LogP contribution in [0.1, 0.15) is 0 Å². The van der Waals surface area contributed by atoms with Crippen LogP contribution in [-0.2, 0) is 0 Å². The molecule has 0 aliphatic heterocycles. The van der Waals surface area contributed by atoms with Gasteiger partial charge in [-0.05, 0) is 29.1 Å². The summed E-state index contributed by atoms with van der Waals surface area (Å²) in [4.78, 5) is 0. The molecule has 4 rings (SSSR count). The summed E-state index contributed by atoms with van der Waals surface area (Å²) in [5, 5.41) is 2.58. The average Bonchev–Trinajstić information content (AvgIpc) is 2.92. The van der Waals surface area contributed by atoms with Gasteiger partial charge in [0.15, 0.2) is 0 Å². The predicted octanol–water partition coefficient (Wildman–Crippen LogP) is 4.76. The molecule has 2 aromatic heterocycles. The van der Waals surface area contributed by atoms with Gasteiger partial charge in [0.2, 0.25) is 0 Å². The molecule has 0 atom stereocenters. The Morgan fingerprint density at radius 3 is 2.32 bits per heavy atom. The lowest BCUT2D eigenvalue weighted by Gasteiger charge is -2.05. The van der Waals surface area contributed by atoms with Crippen molar-refractivity contribution in [2.45, 2.75) is 0 Å². The molecule has 0 aliphatic carbocycles. The molecule has 0 fully saturated rings. The fourth-order valence-corrected chi connectivity index (χ4v) is 2.70. The molecule has 0 N–H and O–H groups in total. The van der Waals surface area contributed by atoms with Crippen molar-refractivity contribution in [1.29, 1.82) is 0 Å². The minimum Gasteiger partial charge on any atom is -0.316 e. The summed E-state index contributed by atoms with van der Waals surface area (Å²) < 4.78 is 2.26. The van der Waals surface area contributed by atoms with Gasteiger partial charge in [-0.3, -0.25) is 0 Å². The lowest BCUT2D eigenvalue weighted by atomic mass is 10.1. The van der Waals surface area contributed by atoms with Crippen LogP contribution in [0.3, 0.4) is 0 Å². The van der Waals surface area contributed by atoms with Crippen LogP contribution < -0.4 is 0 Å². The van der Waals surface area contributed by atoms with E-state index in [0.29, 0.717) is 0 Å². The molecule has 0 aliphatic rings. The van der Waals surface area contributed by atoms with Crippen molar-refractivity contribution >= 4 is 16.3 Å². The standard InChI is InChI=1S/C18H13N/c1-2-7-15(8-3-1)17-10-11-18-16-9-5-4-6-14(16)12-13-19(17)18/h1-13H. The molecule has 0 unspecified atom stereocenters. The molecule has 2 aromatic carbocycles. The van der Waals surface area contributed by atoms with Gasteiger partial charge in [-0.15, -0.1) is 0 Å². The normalized spacial score (nSPS) is 11.2. The predicted molar refractivity (Wildman–Crippen MR) is 80.3 cm³/mol. The largest absolute Gasteiger partial charge is 0.316 e. The maximum absolute atomic E-state index is 2.26. The molecular formula is C18H13N. The molecule has 0 spiro atoms. The van der Waals surface area contributed by atoms with Gasteiger partial charge in [-0.1, -0.05) is 54.6 Å². The number of pyridine rings is 1. The average molecular weight is 243 g/mol. The number of hydrogen-bond acceptors (Lipinski definition) is 0. The van der Waals surface area contributed by atoms with Gasteiger partial charge in [0.25, 0.3) is 0 Å². The highest BCUT2D eigenvalue weighted by Crippen LogP contribution is 2.27. The topological polar surface area (TPSA) is 4.41 Å². The van der Waals surface area contributed by atoms with Gasteiger partial charge in [0.1, 0.15) is 0 Å². The molecular weight excluding hydrogens is 230 g/mol. The van der Waals surface area contributed by atoms with Gasteiger partial charge >= 0.3 is 0 Å². The molecule has 0 radical (unpaired) electrons. The Bertz CT molecular complexity index is 857. The zero-order valence-corrected chi connectivity index (χ0v) is 10.5. The molecule has 4 aromatic rings. The number of aromatic nitrogens is 1. The van der Waals surface area contributed by atoms with Crippen LogP contribution in [0.5, 0.6) is 0 Å². The molecule has 0 amide bonds. The summed E-state index contributed by atoms with van der Waals surface area (Å²) in [5.41, 5.74) is 3.75. The number of benzene rings is 2. The molecule has 90 valence electrons. The van der Waals surface area contributed by atoms with E-state index >= 15 is 0 Å². The van der Waals surface area contributed by atoms with Crippen molar-refractivity contribution in [2.24, 2.45) is 0 Å². The zero-order chi connectivity index (χ0) is 12.7. The molecule has 0 saturated carbocycles. The lowest BCUT2D eigenvalue weighted by Crippen LogP contribution is -1.88. The van der Waals surface area contributed by atoms with E-state index in [9.17, 15) is 0 Å². The van der Waals surface area contributed by atoms with Crippen molar-refractivity contribution in [3.63, 3.8) is 0 Å². The minimum absolute atomic E-state index is 1.24. The van der Waals surface area contributed by atoms with E-state index in [1.165, 1.54) is 27.5 Å². The van der Waals surface area contributed by atoms with Crippen molar-refractivity contribution in [3.8, 4) is 11.3 Å². The fourth-order valence-electron chi connectivity index (χ4n) is 2.70. The molecule has 1 nitrogen and oxygen atoms in total. The van der Waals surface area contributed by atoms with Crippen LogP contribution >= 0.6 is 0 Å². The van der Waals surface area contributed by atoms with Crippen LogP contribution in [-0.4, -0.2) is 4.40 Å². The van der Waals surface area contributed by atoms with Crippen LogP contribution in [0.2, 0.25) is 0 Å². The van der Waals surface area contributed by atoms with E-state index in [0.717, 1.165) is 0 Å². The smallest absolute Gasteiger partial charge is 0.0534 e. The summed E-state index contributed by atoms with van der Waals surface area (Å²) in [7, 11) is 0. The van der Waals surface area contributed by atoms with Gasteiger partial charge in [0, 0.05) is 11.6 Å². The number of fused-ring (bicyclic) bond motifs is 3. The van der Waals surface area contributed by atoms with E-state index in [-0.39, 0.29) is 0 Å². The number of nitrogens with zero attached hydrogens (tertiary/aromatic N) is 1. The van der Waals surface area contributed by atoms with Crippen molar-refractivity contribution in [3.05, 3.63) is 79.0 Å². The molecule has 0 saturated heterocycles. The SMILES string of the molecule is c1ccc(-c2ccc3c4ccccc4ccn23)cc1. The quantitative estimate of drug-likeness (QED) is 0.454. The maximum Gasteiger partial charge on any atom is 0.0534 e. The summed E-state index contributed by atoms with van der Waals surface area (Å²) >= 11 is 0. The van der Waals surface area contributed by atoms with E-state index in [1.807, 2.05) is 0 Å². The Balaban J connectivity index is 2.08. The fraction of sp³-hybridized carbons (Fsp3) is 0. The number of hydrogen-bond donors (Lipinski definition) is 0. The van der Waals surface area contributed by atoms with Crippen LogP contribution in [0.15, 0.2) is 79.0 Å². The Morgan fingerprint density at radius 1 is 0.632 bits per heavy atom. The van der Waals surface area contributed by atoms with E-state index in [2.05, 4.69) is 83.4 Å². The first-order chi connectivity index (χ1) is 9.43. The summed E-state index contributed by atoms with van der Waals surface area (Å²) in [6.45, 7) is 0. The third-order valence-corrected chi connectivity index (χ3v) is 3.63. The highest BCUT2D eigenvalue weighted by atomic mass is 14.9. The Kier molecular flexibility index (Phi) is 2.18. The van der Waals surface area contributed by atoms with Crippen LogP contribution in [0.4, 0.5) is 0 Å². The lowest BCUT2D eigenvalue weighted by molar-refractivity contribution is 1.22. The van der Waals surface area contributed by atoms with E-state index < -0.39 is 0 Å². The second kappa shape index (κ2) is 3.99. The van der Waals surface area contributed by atoms with Gasteiger partial charge in [-0.25, -0.2) is 0 Å². The van der Waals surface area contributed by atoms with Crippen molar-refractivity contribution < 1.29 is 0 Å². The van der Waals surface area contributed by atoms with Crippen molar-refractivity contribution in [1.82, 2.24) is 4.40 Å². The molecule has 2 heterocycles. The summed E-state index contributed by atoms with van der Waals surface area (Å²) in [5.74, 6) is 0. The first-order valence-corrected chi connectivity index (χ1v) is 6.48. The number of rotatable bonds is 1. The van der Waals surface area contributed by atoms with Gasteiger partial charge in [-0.2, -0.15) is 0 Å². The highest BCUT2D eigenvalue weighted by Gasteiger charge is 2.06. The summed E-state index contributed by atoms with van der Waals surface area (Å²) in [6.07, 6.45) is 2.15. The first-order valence-electron chi connectivity index (χ1n) is 6.48. The molecule has 1 heteroatoms. The monoisotopic (exact) mass is 243 g/mol. The Labute approximate surface area is 111 Å². The van der Waals surface area contributed by atoms with E-state index in [4.69, 9.17) is 0 Å². The minimum atomic E-state index is 1.24. The van der Waals surface area contributed by atoms with Gasteiger partial charge in [0.05, 0.1) is 11.2 Å². The Morgan fingerprint density at radius 2 is 1.42 bits per heavy atom. The zero-order valence-electron chi connectivity index (χ0n) is 10.5. The van der Waals surface area contributed by atoms with Crippen LogP contribution in [0, 0.1) is 0 Å². The van der Waals surface area contributed by atoms with E-state index in [1.54, 1.807) is 0 Å². The first kappa shape index (κ1) is 10.4. The summed E-state index contributed by atoms with van der Waals surface area (Å²) in [6, 6.07) is 25.6. The third kappa shape index (κ3) is 1.55. The third-order valence-electron chi connectivity index (χ3n) is 3.63. The highest BCUT2D eigenvalue weighted by molar-refractivity contribution is 5.97. The molecule has 19 heavy (non-hydrogen) atoms.